The zero-order valence-electron chi connectivity index (χ0n) is 11.2. The molecule has 0 bridgehead atoms. The van der Waals surface area contributed by atoms with Crippen LogP contribution < -0.4 is 4.72 Å². The first kappa shape index (κ1) is 16.0. The number of rotatable bonds is 5. The monoisotopic (exact) mass is 329 g/mol. The van der Waals surface area contributed by atoms with Crippen LogP contribution in [0.15, 0.2) is 29.7 Å². The molecule has 0 unspecified atom stereocenters. The van der Waals surface area contributed by atoms with Gasteiger partial charge in [-0.25, -0.2) is 13.1 Å². The maximum absolute atomic E-state index is 11.9. The number of sulfonamides is 1. The molecule has 1 fully saturated rings. The van der Waals surface area contributed by atoms with Gasteiger partial charge in [0.15, 0.2) is 0 Å². The second kappa shape index (κ2) is 6.60. The van der Waals surface area contributed by atoms with Crippen LogP contribution in [0.1, 0.15) is 24.8 Å². The van der Waals surface area contributed by atoms with Crippen molar-refractivity contribution < 1.29 is 18.3 Å². The van der Waals surface area contributed by atoms with Gasteiger partial charge >= 0.3 is 5.97 Å². The molecule has 1 aliphatic carbocycles. The maximum atomic E-state index is 11.9. The lowest BCUT2D eigenvalue weighted by atomic mass is 10.1. The Bertz CT molecular complexity index is 639. The van der Waals surface area contributed by atoms with E-state index in [1.54, 1.807) is 24.3 Å². The topological polar surface area (TPSA) is 83.5 Å². The summed E-state index contributed by atoms with van der Waals surface area (Å²) in [5.41, 5.74) is 0.722. The molecule has 0 spiro atoms. The fraction of sp³-hybridized carbons (Fsp3) is 0.357. The Morgan fingerprint density at radius 3 is 2.52 bits per heavy atom. The van der Waals surface area contributed by atoms with E-state index in [0.29, 0.717) is 24.3 Å². The highest BCUT2D eigenvalue weighted by Gasteiger charge is 2.31. The number of aliphatic carboxylic acids is 1. The van der Waals surface area contributed by atoms with E-state index in [4.69, 9.17) is 16.7 Å². The zero-order chi connectivity index (χ0) is 15.5. The molecule has 0 saturated heterocycles. The number of benzene rings is 1. The Kier molecular flexibility index (Phi) is 5.03. The van der Waals surface area contributed by atoms with E-state index >= 15 is 0 Å². The second-order valence-corrected chi connectivity index (χ2v) is 7.10. The summed E-state index contributed by atoms with van der Waals surface area (Å²) in [4.78, 5) is 10.8. The predicted octanol–water partition coefficient (Wildman–Crippen LogP) is 2.48. The molecule has 114 valence electrons. The Balaban J connectivity index is 1.96. The smallest absolute Gasteiger partial charge is 0.306 e. The summed E-state index contributed by atoms with van der Waals surface area (Å²) in [6.45, 7) is 0. The first-order valence-electron chi connectivity index (χ1n) is 6.54. The van der Waals surface area contributed by atoms with E-state index in [9.17, 15) is 13.2 Å². The summed E-state index contributed by atoms with van der Waals surface area (Å²) in [6.07, 6.45) is 2.86. The van der Waals surface area contributed by atoms with E-state index in [2.05, 4.69) is 4.72 Å². The van der Waals surface area contributed by atoms with Crippen LogP contribution in [0.2, 0.25) is 5.02 Å². The Labute approximate surface area is 128 Å². The summed E-state index contributed by atoms with van der Waals surface area (Å²) in [5.74, 6) is -1.33. The predicted molar refractivity (Wildman–Crippen MR) is 81.3 cm³/mol. The lowest BCUT2D eigenvalue weighted by Crippen LogP contribution is -2.31. The van der Waals surface area contributed by atoms with Crippen LogP contribution in [0.25, 0.3) is 6.08 Å². The van der Waals surface area contributed by atoms with Crippen LogP contribution in [-0.2, 0) is 14.8 Å². The fourth-order valence-electron chi connectivity index (χ4n) is 2.33. The molecule has 5 nitrogen and oxygen atoms in total. The Morgan fingerprint density at radius 1 is 1.29 bits per heavy atom. The van der Waals surface area contributed by atoms with Crippen molar-refractivity contribution in [3.05, 3.63) is 40.3 Å². The van der Waals surface area contributed by atoms with E-state index in [-0.39, 0.29) is 6.04 Å². The minimum atomic E-state index is -3.58. The van der Waals surface area contributed by atoms with Crippen molar-refractivity contribution in [3.8, 4) is 0 Å². The lowest BCUT2D eigenvalue weighted by molar-refractivity contribution is -0.141. The molecule has 21 heavy (non-hydrogen) atoms. The van der Waals surface area contributed by atoms with Gasteiger partial charge in [0.05, 0.1) is 5.92 Å². The number of halogens is 1. The van der Waals surface area contributed by atoms with Gasteiger partial charge in [0.1, 0.15) is 0 Å². The van der Waals surface area contributed by atoms with Gasteiger partial charge in [-0.1, -0.05) is 23.7 Å². The SMILES string of the molecule is O=C(O)[C@@H]1CC[C@H](NS(=O)(=O)/C=C/c2ccc(Cl)cc2)C1. The summed E-state index contributed by atoms with van der Waals surface area (Å²) in [6, 6.07) is 6.46. The molecule has 0 radical (unpaired) electrons. The van der Waals surface area contributed by atoms with Gasteiger partial charge in [0.2, 0.25) is 10.0 Å². The van der Waals surface area contributed by atoms with Crippen molar-refractivity contribution in [2.24, 2.45) is 5.92 Å². The molecular weight excluding hydrogens is 314 g/mol. The van der Waals surface area contributed by atoms with Gasteiger partial charge in [-0.05, 0) is 43.0 Å². The largest absolute Gasteiger partial charge is 0.481 e. The van der Waals surface area contributed by atoms with Crippen molar-refractivity contribution in [1.82, 2.24) is 4.72 Å². The molecule has 2 atom stereocenters. The number of hydrogen-bond acceptors (Lipinski definition) is 3. The Hall–Kier alpha value is -1.37. The number of carbonyl (C=O) groups is 1. The van der Waals surface area contributed by atoms with Gasteiger partial charge in [-0.15, -0.1) is 0 Å². The van der Waals surface area contributed by atoms with Crippen molar-refractivity contribution in [2.75, 3.05) is 0 Å². The highest BCUT2D eigenvalue weighted by Crippen LogP contribution is 2.26. The van der Waals surface area contributed by atoms with E-state index in [1.165, 1.54) is 6.08 Å². The summed E-state index contributed by atoms with van der Waals surface area (Å²) >= 11 is 5.75. The van der Waals surface area contributed by atoms with E-state index < -0.39 is 21.9 Å². The van der Waals surface area contributed by atoms with Gasteiger partial charge < -0.3 is 5.11 Å². The second-order valence-electron chi connectivity index (χ2n) is 5.06. The van der Waals surface area contributed by atoms with Crippen LogP contribution in [0.3, 0.4) is 0 Å². The van der Waals surface area contributed by atoms with E-state index in [0.717, 1.165) is 11.0 Å². The molecule has 1 aliphatic rings. The average molecular weight is 330 g/mol. The van der Waals surface area contributed by atoms with Crippen LogP contribution in [0.5, 0.6) is 0 Å². The molecule has 1 saturated carbocycles. The molecule has 1 aromatic carbocycles. The number of carboxylic acids is 1. The van der Waals surface area contributed by atoms with Gasteiger partial charge in [-0.3, -0.25) is 4.79 Å². The molecule has 2 N–H and O–H groups in total. The fourth-order valence-corrected chi connectivity index (χ4v) is 3.55. The summed E-state index contributed by atoms with van der Waals surface area (Å²) in [7, 11) is -3.58. The third-order valence-corrected chi connectivity index (χ3v) is 4.83. The highest BCUT2D eigenvalue weighted by atomic mass is 35.5. The van der Waals surface area contributed by atoms with Crippen molar-refractivity contribution >= 4 is 33.7 Å². The van der Waals surface area contributed by atoms with Gasteiger partial charge in [0, 0.05) is 16.5 Å². The molecule has 0 heterocycles. The maximum Gasteiger partial charge on any atom is 0.306 e. The summed E-state index contributed by atoms with van der Waals surface area (Å²) < 4.78 is 26.4. The molecule has 0 amide bonds. The van der Waals surface area contributed by atoms with Crippen molar-refractivity contribution in [3.63, 3.8) is 0 Å². The highest BCUT2D eigenvalue weighted by molar-refractivity contribution is 7.92. The number of nitrogens with one attached hydrogen (secondary N) is 1. The van der Waals surface area contributed by atoms with Crippen LogP contribution in [0, 0.1) is 5.92 Å². The third-order valence-electron chi connectivity index (χ3n) is 3.42. The first-order valence-corrected chi connectivity index (χ1v) is 8.47. The van der Waals surface area contributed by atoms with Crippen LogP contribution >= 0.6 is 11.6 Å². The molecule has 7 heteroatoms. The average Bonchev–Trinajstić information content (AvgIpc) is 2.86. The molecule has 1 aromatic rings. The number of hydrogen-bond donors (Lipinski definition) is 2. The standard InChI is InChI=1S/C14H16ClNO4S/c15-12-4-1-10(2-5-12)7-8-21(19,20)16-13-6-3-11(9-13)14(17)18/h1-2,4-5,7-8,11,13,16H,3,6,9H2,(H,17,18)/b8-7+/t11-,13+/m1/s1. The first-order chi connectivity index (χ1) is 9.85. The van der Waals surface area contributed by atoms with Crippen LogP contribution in [-0.4, -0.2) is 25.5 Å². The van der Waals surface area contributed by atoms with Crippen molar-refractivity contribution in [2.45, 2.75) is 25.3 Å². The molecule has 0 aliphatic heterocycles. The number of carboxylic acid groups (broad SMARTS) is 1. The quantitative estimate of drug-likeness (QED) is 0.869. The van der Waals surface area contributed by atoms with E-state index in [1.807, 2.05) is 0 Å². The Morgan fingerprint density at radius 2 is 1.95 bits per heavy atom. The molecular formula is C14H16ClNO4S. The van der Waals surface area contributed by atoms with Crippen molar-refractivity contribution in [1.29, 1.82) is 0 Å². The van der Waals surface area contributed by atoms with Gasteiger partial charge in [0.25, 0.3) is 0 Å². The van der Waals surface area contributed by atoms with Crippen LogP contribution in [0.4, 0.5) is 0 Å². The lowest BCUT2D eigenvalue weighted by Gasteiger charge is -2.10. The normalized spacial score (nSPS) is 22.7. The minimum absolute atomic E-state index is 0.314. The summed E-state index contributed by atoms with van der Waals surface area (Å²) in [5, 5.41) is 10.6. The molecule has 2 rings (SSSR count). The molecule has 0 aromatic heterocycles. The minimum Gasteiger partial charge on any atom is -0.481 e. The van der Waals surface area contributed by atoms with Gasteiger partial charge in [-0.2, -0.15) is 0 Å². The zero-order valence-corrected chi connectivity index (χ0v) is 12.8. The third kappa shape index (κ3) is 4.84.